The first-order chi connectivity index (χ1) is 4.97. The average Bonchev–Trinajstić information content (AvgIpc) is 2.05. The van der Waals surface area contributed by atoms with Crippen LogP contribution < -0.4 is 4.74 Å². The molecule has 0 N–H and O–H groups in total. The Kier molecular flexibility index (Phi) is 5.35. The van der Waals surface area contributed by atoms with Gasteiger partial charge in [-0.05, 0) is 12.1 Å². The molecule has 0 spiro atoms. The van der Waals surface area contributed by atoms with Crippen molar-refractivity contribution in [3.8, 4) is 5.75 Å². The normalized spacial score (nSPS) is 11.7. The minimum absolute atomic E-state index is 0. The second-order valence-electron chi connectivity index (χ2n) is 2.25. The van der Waals surface area contributed by atoms with Gasteiger partial charge < -0.3 is 4.74 Å². The first-order valence-corrected chi connectivity index (χ1v) is 3.35. The third-order valence-corrected chi connectivity index (χ3v) is 1.55. The molecule has 2 rings (SSSR count). The van der Waals surface area contributed by atoms with Gasteiger partial charge in [0.1, 0.15) is 12.4 Å². The summed E-state index contributed by atoms with van der Waals surface area (Å²) in [6, 6.07) is 8.03. The van der Waals surface area contributed by atoms with Crippen molar-refractivity contribution in [1.29, 1.82) is 0 Å². The Hall–Kier alpha value is -0.201. The number of hydrogen-bond acceptors (Lipinski definition) is 1. The summed E-state index contributed by atoms with van der Waals surface area (Å²) in [5, 5.41) is 0. The Bertz CT molecular complexity index is 273. The number of ether oxygens (including phenoxy) is 1. The fourth-order valence-corrected chi connectivity index (χ4v) is 1.06. The third-order valence-electron chi connectivity index (χ3n) is 1.55. The molecule has 0 saturated heterocycles. The van der Waals surface area contributed by atoms with Crippen molar-refractivity contribution >= 4 is 6.08 Å². The molecule has 0 unspecified atom stereocenters. The Labute approximate surface area is 93.1 Å². The van der Waals surface area contributed by atoms with Gasteiger partial charge in [0.25, 0.3) is 0 Å². The quantitative estimate of drug-likeness (QED) is 0.641. The maximum atomic E-state index is 5.34. The molecule has 0 amide bonds. The van der Waals surface area contributed by atoms with Crippen LogP contribution in [0.4, 0.5) is 0 Å². The smallest absolute Gasteiger partial charge is 0.126 e. The van der Waals surface area contributed by atoms with Crippen molar-refractivity contribution < 1.29 is 38.9 Å². The van der Waals surface area contributed by atoms with E-state index in [2.05, 4.69) is 6.08 Å². The monoisotopic (exact) mass is 250 g/mol. The van der Waals surface area contributed by atoms with Crippen molar-refractivity contribution in [2.24, 2.45) is 0 Å². The van der Waals surface area contributed by atoms with Crippen molar-refractivity contribution in [3.63, 3.8) is 0 Å². The molecule has 0 aliphatic carbocycles. The van der Waals surface area contributed by atoms with E-state index in [4.69, 9.17) is 4.74 Å². The zero-order valence-corrected chi connectivity index (χ0v) is 8.38. The summed E-state index contributed by atoms with van der Waals surface area (Å²) in [7, 11) is 0. The molecule has 1 aromatic rings. The SMILES string of the molecule is C1=Cc2ccccc2OC1.[Cu].[Mn]. The van der Waals surface area contributed by atoms with E-state index in [0.717, 1.165) is 5.75 Å². The van der Waals surface area contributed by atoms with Gasteiger partial charge in [0, 0.05) is 39.7 Å². The van der Waals surface area contributed by atoms with Crippen LogP contribution in [0.15, 0.2) is 30.3 Å². The standard InChI is InChI=1S/C9H8O.Cu.Mn/c1-2-6-9-8(4-1)5-3-7-10-9;;/h1-6H,7H2;;. The minimum Gasteiger partial charge on any atom is -0.489 e. The predicted molar refractivity (Wildman–Crippen MR) is 41.0 cm³/mol. The molecule has 1 heterocycles. The van der Waals surface area contributed by atoms with Gasteiger partial charge in [0.2, 0.25) is 0 Å². The largest absolute Gasteiger partial charge is 0.489 e. The van der Waals surface area contributed by atoms with Crippen LogP contribution in [0, 0.1) is 0 Å². The Balaban J connectivity index is 0.000000605. The molecule has 3 heteroatoms. The molecule has 1 aliphatic heterocycles. The molecule has 0 aromatic heterocycles. The van der Waals surface area contributed by atoms with Gasteiger partial charge >= 0.3 is 0 Å². The third kappa shape index (κ3) is 2.39. The number of fused-ring (bicyclic) bond motifs is 1. The average molecular weight is 251 g/mol. The summed E-state index contributed by atoms with van der Waals surface area (Å²) in [6.07, 6.45) is 4.10. The number of benzene rings is 1. The van der Waals surface area contributed by atoms with E-state index >= 15 is 0 Å². The molecule has 0 atom stereocenters. The molecule has 1 nitrogen and oxygen atoms in total. The first-order valence-electron chi connectivity index (χ1n) is 3.35. The topological polar surface area (TPSA) is 9.23 Å². The molecule has 2 radical (unpaired) electrons. The van der Waals surface area contributed by atoms with Crippen LogP contribution in [0.5, 0.6) is 5.75 Å². The molecule has 0 bridgehead atoms. The molecule has 0 saturated carbocycles. The molecule has 68 valence electrons. The van der Waals surface area contributed by atoms with Crippen LogP contribution in [-0.2, 0) is 34.1 Å². The molecule has 12 heavy (non-hydrogen) atoms. The summed E-state index contributed by atoms with van der Waals surface area (Å²) < 4.78 is 5.34. The second-order valence-corrected chi connectivity index (χ2v) is 2.25. The van der Waals surface area contributed by atoms with E-state index in [1.807, 2.05) is 30.3 Å². The Morgan fingerprint density at radius 1 is 1.17 bits per heavy atom. The van der Waals surface area contributed by atoms with Crippen molar-refractivity contribution in [2.75, 3.05) is 6.61 Å². The fraction of sp³-hybridized carbons (Fsp3) is 0.111. The fourth-order valence-electron chi connectivity index (χ4n) is 1.06. The Morgan fingerprint density at radius 2 is 1.92 bits per heavy atom. The molecule has 1 aliphatic rings. The van der Waals surface area contributed by atoms with Gasteiger partial charge in [0.05, 0.1) is 0 Å². The van der Waals surface area contributed by atoms with Crippen LogP contribution in [0.25, 0.3) is 6.08 Å². The molecule has 1 aromatic carbocycles. The van der Waals surface area contributed by atoms with Gasteiger partial charge in [-0.25, -0.2) is 0 Å². The minimum atomic E-state index is 0. The van der Waals surface area contributed by atoms with Gasteiger partial charge in [-0.2, -0.15) is 0 Å². The van der Waals surface area contributed by atoms with Crippen molar-refractivity contribution in [1.82, 2.24) is 0 Å². The summed E-state index contributed by atoms with van der Waals surface area (Å²) in [4.78, 5) is 0. The van der Waals surface area contributed by atoms with Crippen LogP contribution in [-0.4, -0.2) is 6.61 Å². The van der Waals surface area contributed by atoms with E-state index < -0.39 is 0 Å². The van der Waals surface area contributed by atoms with Crippen LogP contribution in [0.2, 0.25) is 0 Å². The molecule has 0 fully saturated rings. The zero-order valence-electron chi connectivity index (χ0n) is 6.26. The maximum absolute atomic E-state index is 5.34. The van der Waals surface area contributed by atoms with E-state index in [1.165, 1.54) is 5.56 Å². The maximum Gasteiger partial charge on any atom is 0.126 e. The molecular formula is C9H8CuMnO. The van der Waals surface area contributed by atoms with Crippen molar-refractivity contribution in [3.05, 3.63) is 35.9 Å². The van der Waals surface area contributed by atoms with Gasteiger partial charge in [0.15, 0.2) is 0 Å². The van der Waals surface area contributed by atoms with Crippen molar-refractivity contribution in [2.45, 2.75) is 0 Å². The second kappa shape index (κ2) is 5.45. The summed E-state index contributed by atoms with van der Waals surface area (Å²) in [5.41, 5.74) is 1.17. The summed E-state index contributed by atoms with van der Waals surface area (Å²) >= 11 is 0. The van der Waals surface area contributed by atoms with E-state index in [0.29, 0.717) is 6.61 Å². The summed E-state index contributed by atoms with van der Waals surface area (Å²) in [6.45, 7) is 0.705. The number of para-hydroxylation sites is 1. The van der Waals surface area contributed by atoms with Gasteiger partial charge in [-0.15, -0.1) is 0 Å². The Morgan fingerprint density at radius 3 is 2.67 bits per heavy atom. The number of rotatable bonds is 0. The number of hydrogen-bond donors (Lipinski definition) is 0. The van der Waals surface area contributed by atoms with Gasteiger partial charge in [-0.1, -0.05) is 24.3 Å². The van der Waals surface area contributed by atoms with E-state index in [1.54, 1.807) is 0 Å². The van der Waals surface area contributed by atoms with E-state index in [-0.39, 0.29) is 34.1 Å². The zero-order chi connectivity index (χ0) is 6.81. The first kappa shape index (κ1) is 11.8. The van der Waals surface area contributed by atoms with Crippen LogP contribution in [0.1, 0.15) is 5.56 Å². The van der Waals surface area contributed by atoms with Gasteiger partial charge in [-0.3, -0.25) is 0 Å². The van der Waals surface area contributed by atoms with Crippen LogP contribution >= 0.6 is 0 Å². The summed E-state index contributed by atoms with van der Waals surface area (Å²) in [5.74, 6) is 0.991. The molecular weight excluding hydrogens is 243 g/mol. The van der Waals surface area contributed by atoms with E-state index in [9.17, 15) is 0 Å². The van der Waals surface area contributed by atoms with Crippen LogP contribution in [0.3, 0.4) is 0 Å². The predicted octanol–water partition coefficient (Wildman–Crippen LogP) is 2.09.